The number of aliphatic hydroxyl groups is 1. The van der Waals surface area contributed by atoms with Gasteiger partial charge < -0.3 is 19.9 Å². The summed E-state index contributed by atoms with van der Waals surface area (Å²) in [7, 11) is 0. The lowest BCUT2D eigenvalue weighted by molar-refractivity contribution is -0.206. The van der Waals surface area contributed by atoms with Crippen molar-refractivity contribution in [2.24, 2.45) is 0 Å². The van der Waals surface area contributed by atoms with Crippen LogP contribution in [0, 0.1) is 0 Å². The molecule has 2 aliphatic carbocycles. The van der Waals surface area contributed by atoms with Gasteiger partial charge >= 0.3 is 0 Å². The number of ether oxygens (including phenoxy) is 2. The van der Waals surface area contributed by atoms with Gasteiger partial charge in [-0.1, -0.05) is 13.3 Å². The molecular weight excluding hydrogens is 290 g/mol. The first-order chi connectivity index (χ1) is 10.1. The van der Waals surface area contributed by atoms with E-state index in [0.717, 1.165) is 31.4 Å². The predicted octanol–water partition coefficient (Wildman–Crippen LogP) is 1.43. The van der Waals surface area contributed by atoms with E-state index in [1.165, 1.54) is 13.3 Å². The quantitative estimate of drug-likeness (QED) is 0.825. The van der Waals surface area contributed by atoms with Gasteiger partial charge in [0.2, 0.25) is 5.91 Å². The van der Waals surface area contributed by atoms with E-state index in [0.29, 0.717) is 0 Å². The van der Waals surface area contributed by atoms with Crippen LogP contribution in [-0.2, 0) is 14.3 Å². The number of nitrogens with one attached hydrogen (secondary N) is 1. The van der Waals surface area contributed by atoms with Crippen molar-refractivity contribution in [2.75, 3.05) is 5.75 Å². The van der Waals surface area contributed by atoms with Gasteiger partial charge in [0.25, 0.3) is 0 Å². The number of hydrogen-bond acceptors (Lipinski definition) is 5. The van der Waals surface area contributed by atoms with E-state index in [1.807, 2.05) is 0 Å². The van der Waals surface area contributed by atoms with Crippen molar-refractivity contribution in [2.45, 2.75) is 81.3 Å². The highest BCUT2D eigenvalue weighted by Crippen LogP contribution is 2.48. The summed E-state index contributed by atoms with van der Waals surface area (Å²) in [6.45, 7) is 3.57. The van der Waals surface area contributed by atoms with Crippen LogP contribution in [0.2, 0.25) is 0 Å². The molecule has 2 N–H and O–H groups in total. The topological polar surface area (TPSA) is 67.8 Å². The van der Waals surface area contributed by atoms with Crippen molar-refractivity contribution in [3.63, 3.8) is 0 Å². The van der Waals surface area contributed by atoms with Crippen LogP contribution < -0.4 is 5.32 Å². The van der Waals surface area contributed by atoms with E-state index >= 15 is 0 Å². The molecule has 3 rings (SSSR count). The lowest BCUT2D eigenvalue weighted by atomic mass is 9.94. The highest BCUT2D eigenvalue weighted by atomic mass is 32.2. The third-order valence-corrected chi connectivity index (χ3v) is 6.03. The highest BCUT2D eigenvalue weighted by molar-refractivity contribution is 8.00. The fourth-order valence-corrected chi connectivity index (χ4v) is 5.12. The summed E-state index contributed by atoms with van der Waals surface area (Å²) in [5.74, 6) is 0.322. The Balaban J connectivity index is 1.77. The minimum Gasteiger partial charge on any atom is -0.388 e. The molecule has 1 amide bonds. The summed E-state index contributed by atoms with van der Waals surface area (Å²) in [5.41, 5.74) is 0. The molecule has 2 saturated carbocycles. The largest absolute Gasteiger partial charge is 0.388 e. The molecule has 5 nitrogen and oxygen atoms in total. The molecule has 5 atom stereocenters. The van der Waals surface area contributed by atoms with Crippen LogP contribution in [-0.4, -0.2) is 52.2 Å². The van der Waals surface area contributed by atoms with Crippen LogP contribution in [0.1, 0.15) is 46.0 Å². The molecule has 21 heavy (non-hydrogen) atoms. The molecule has 1 spiro atoms. The normalized spacial score (nSPS) is 41.2. The van der Waals surface area contributed by atoms with Gasteiger partial charge in [0.1, 0.15) is 18.3 Å². The second kappa shape index (κ2) is 6.07. The van der Waals surface area contributed by atoms with Crippen LogP contribution in [0.15, 0.2) is 0 Å². The van der Waals surface area contributed by atoms with Gasteiger partial charge in [-0.3, -0.25) is 4.79 Å². The zero-order valence-electron chi connectivity index (χ0n) is 12.7. The lowest BCUT2D eigenvalue weighted by Gasteiger charge is -2.35. The van der Waals surface area contributed by atoms with Crippen molar-refractivity contribution in [3.8, 4) is 0 Å². The van der Waals surface area contributed by atoms with Crippen molar-refractivity contribution in [3.05, 3.63) is 0 Å². The summed E-state index contributed by atoms with van der Waals surface area (Å²) in [4.78, 5) is 11.4. The molecule has 3 aliphatic rings. The predicted molar refractivity (Wildman–Crippen MR) is 81.1 cm³/mol. The van der Waals surface area contributed by atoms with E-state index in [4.69, 9.17) is 9.47 Å². The van der Waals surface area contributed by atoms with Crippen LogP contribution in [0.3, 0.4) is 0 Å². The Morgan fingerprint density at radius 3 is 2.57 bits per heavy atom. The Bertz CT molecular complexity index is 399. The minimum absolute atomic E-state index is 0.0557. The molecule has 0 unspecified atom stereocenters. The Morgan fingerprint density at radius 1 is 1.29 bits per heavy atom. The maximum Gasteiger partial charge on any atom is 0.217 e. The summed E-state index contributed by atoms with van der Waals surface area (Å²) in [6.07, 6.45) is 4.18. The van der Waals surface area contributed by atoms with Crippen LogP contribution in [0.4, 0.5) is 0 Å². The van der Waals surface area contributed by atoms with Crippen molar-refractivity contribution in [1.29, 1.82) is 0 Å². The molecule has 120 valence electrons. The SMILES string of the molecule is CCS[C@@H]1[C@@H](NC(C)=O)[C@@H](O)[C@H]2OC3(CCCCC3)O[C@H]21. The number of carbonyl (C=O) groups is 1. The fraction of sp³-hybridized carbons (Fsp3) is 0.933. The van der Waals surface area contributed by atoms with E-state index in [-0.39, 0.29) is 29.4 Å². The molecule has 1 aliphatic heterocycles. The molecule has 0 aromatic carbocycles. The number of hydrogen-bond donors (Lipinski definition) is 2. The molecule has 1 heterocycles. The van der Waals surface area contributed by atoms with Gasteiger partial charge in [-0.15, -0.1) is 0 Å². The van der Waals surface area contributed by atoms with E-state index in [9.17, 15) is 9.90 Å². The minimum atomic E-state index is -0.691. The third kappa shape index (κ3) is 2.83. The number of rotatable bonds is 3. The van der Waals surface area contributed by atoms with Crippen molar-refractivity contribution in [1.82, 2.24) is 5.32 Å². The third-order valence-electron chi connectivity index (χ3n) is 4.75. The van der Waals surface area contributed by atoms with Gasteiger partial charge in [-0.05, 0) is 18.6 Å². The average molecular weight is 315 g/mol. The van der Waals surface area contributed by atoms with Gasteiger partial charge in [0.05, 0.1) is 11.3 Å². The molecule has 0 bridgehead atoms. The second-order valence-electron chi connectivity index (χ2n) is 6.27. The highest BCUT2D eigenvalue weighted by Gasteiger charge is 2.61. The first kappa shape index (κ1) is 15.6. The summed E-state index contributed by atoms with van der Waals surface area (Å²) < 4.78 is 12.5. The maximum atomic E-state index is 11.4. The lowest BCUT2D eigenvalue weighted by Crippen LogP contribution is -2.49. The Labute approximate surface area is 130 Å². The van der Waals surface area contributed by atoms with E-state index in [1.54, 1.807) is 11.8 Å². The zero-order chi connectivity index (χ0) is 15.0. The van der Waals surface area contributed by atoms with Gasteiger partial charge in [-0.25, -0.2) is 0 Å². The van der Waals surface area contributed by atoms with E-state index < -0.39 is 11.9 Å². The van der Waals surface area contributed by atoms with Crippen LogP contribution in [0.25, 0.3) is 0 Å². The molecule has 0 aromatic heterocycles. The Morgan fingerprint density at radius 2 is 1.95 bits per heavy atom. The monoisotopic (exact) mass is 315 g/mol. The second-order valence-corrected chi connectivity index (χ2v) is 7.73. The molecule has 1 saturated heterocycles. The fourth-order valence-electron chi connectivity index (χ4n) is 3.90. The molecule has 3 fully saturated rings. The Hall–Kier alpha value is -0.300. The first-order valence-electron chi connectivity index (χ1n) is 7.99. The summed E-state index contributed by atoms with van der Waals surface area (Å²) in [6, 6.07) is -0.289. The summed E-state index contributed by atoms with van der Waals surface area (Å²) >= 11 is 1.74. The molecule has 0 radical (unpaired) electrons. The number of aliphatic hydroxyl groups excluding tert-OH is 1. The zero-order valence-corrected chi connectivity index (χ0v) is 13.5. The average Bonchev–Trinajstić information content (AvgIpc) is 2.90. The Kier molecular flexibility index (Phi) is 4.50. The molecular formula is C15H25NO4S. The van der Waals surface area contributed by atoms with Crippen LogP contribution in [0.5, 0.6) is 0 Å². The van der Waals surface area contributed by atoms with Crippen molar-refractivity contribution >= 4 is 17.7 Å². The van der Waals surface area contributed by atoms with Gasteiger partial charge in [0.15, 0.2) is 5.79 Å². The molecule has 0 aromatic rings. The maximum absolute atomic E-state index is 11.4. The first-order valence-corrected chi connectivity index (χ1v) is 9.03. The molecule has 6 heteroatoms. The van der Waals surface area contributed by atoms with E-state index in [2.05, 4.69) is 12.2 Å². The number of fused-ring (bicyclic) bond motifs is 1. The number of carbonyl (C=O) groups excluding carboxylic acids is 1. The van der Waals surface area contributed by atoms with Crippen LogP contribution >= 0.6 is 11.8 Å². The van der Waals surface area contributed by atoms with Gasteiger partial charge in [-0.2, -0.15) is 11.8 Å². The standard InChI is InChI=1S/C15H25NO4S/c1-3-21-14-10(16-9(2)17)11(18)12-13(14)20-15(19-12)7-5-4-6-8-15/h10-14,18H,3-8H2,1-2H3,(H,16,17)/t10-,11+,12+,13+,14+/m0/s1. The smallest absolute Gasteiger partial charge is 0.217 e. The van der Waals surface area contributed by atoms with Crippen molar-refractivity contribution < 1.29 is 19.4 Å². The van der Waals surface area contributed by atoms with Gasteiger partial charge in [0, 0.05) is 19.8 Å². The summed E-state index contributed by atoms with van der Waals surface area (Å²) in [5, 5.41) is 13.5. The number of amides is 1. The number of thioether (sulfide) groups is 1.